The molecule has 102 valence electrons. The van der Waals surface area contributed by atoms with Crippen LogP contribution in [0.4, 0.5) is 18.9 Å². The van der Waals surface area contributed by atoms with Crippen molar-refractivity contribution in [2.75, 3.05) is 17.6 Å². The maximum Gasteiger partial charge on any atom is 0.441 e. The zero-order valence-electron chi connectivity index (χ0n) is 9.80. The number of fused-ring (bicyclic) bond motifs is 1. The first-order valence-electron chi connectivity index (χ1n) is 5.58. The molecule has 0 bridgehead atoms. The lowest BCUT2D eigenvalue weighted by molar-refractivity contribution is -0.0327. The smallest absolute Gasteiger partial charge is 0.384 e. The number of thioether (sulfide) groups is 1. The van der Waals surface area contributed by atoms with E-state index in [9.17, 15) is 13.2 Å². The van der Waals surface area contributed by atoms with E-state index in [-0.39, 0.29) is 24.1 Å². The Morgan fingerprint density at radius 3 is 2.47 bits per heavy atom. The largest absolute Gasteiger partial charge is 0.441 e. The van der Waals surface area contributed by atoms with Crippen LogP contribution in [0.1, 0.15) is 0 Å². The maximum atomic E-state index is 12.0. The van der Waals surface area contributed by atoms with Gasteiger partial charge in [-0.15, -0.1) is 0 Å². The first kappa shape index (κ1) is 14.5. The molecule has 0 radical (unpaired) electrons. The van der Waals surface area contributed by atoms with Crippen molar-refractivity contribution in [3.8, 4) is 0 Å². The maximum absolute atomic E-state index is 12.0. The zero-order chi connectivity index (χ0) is 13.9. The normalized spacial score (nSPS) is 11.8. The highest BCUT2D eigenvalue weighted by atomic mass is 79.9. The molecule has 0 fully saturated rings. The van der Waals surface area contributed by atoms with Gasteiger partial charge in [0.2, 0.25) is 0 Å². The molecule has 0 atom stereocenters. The molecule has 0 aliphatic heterocycles. The van der Waals surface area contributed by atoms with Gasteiger partial charge in [0.1, 0.15) is 0 Å². The Kier molecular flexibility index (Phi) is 4.62. The van der Waals surface area contributed by atoms with Crippen LogP contribution in [0.3, 0.4) is 0 Å². The number of nitrogens with one attached hydrogen (secondary N) is 1. The molecule has 0 saturated carbocycles. The Morgan fingerprint density at radius 2 is 1.74 bits per heavy atom. The van der Waals surface area contributed by atoms with Crippen LogP contribution in [0.15, 0.2) is 40.9 Å². The van der Waals surface area contributed by atoms with Gasteiger partial charge in [-0.05, 0) is 46.8 Å². The predicted octanol–water partition coefficient (Wildman–Crippen LogP) is 5.27. The van der Waals surface area contributed by atoms with Crippen LogP contribution in [-0.2, 0) is 0 Å². The monoisotopic (exact) mass is 349 g/mol. The van der Waals surface area contributed by atoms with Crippen LogP contribution >= 0.6 is 27.7 Å². The summed E-state index contributed by atoms with van der Waals surface area (Å²) in [6.45, 7) is 0.284. The molecule has 19 heavy (non-hydrogen) atoms. The molecule has 1 nitrogen and oxygen atoms in total. The number of hydrogen-bond acceptors (Lipinski definition) is 2. The second kappa shape index (κ2) is 6.05. The van der Waals surface area contributed by atoms with E-state index in [1.807, 2.05) is 36.4 Å². The van der Waals surface area contributed by atoms with E-state index < -0.39 is 5.51 Å². The molecule has 1 N–H and O–H groups in total. The van der Waals surface area contributed by atoms with Gasteiger partial charge in [0.05, 0.1) is 0 Å². The number of benzene rings is 2. The Hall–Kier alpha value is -0.880. The fourth-order valence-corrected chi connectivity index (χ4v) is 2.50. The van der Waals surface area contributed by atoms with Crippen molar-refractivity contribution in [2.45, 2.75) is 5.51 Å². The molecule has 6 heteroatoms. The summed E-state index contributed by atoms with van der Waals surface area (Å²) in [6, 6.07) is 11.6. The molecule has 0 amide bonds. The fraction of sp³-hybridized carbons (Fsp3) is 0.231. The third-order valence-corrected chi connectivity index (χ3v) is 3.73. The van der Waals surface area contributed by atoms with Gasteiger partial charge in [-0.25, -0.2) is 0 Å². The van der Waals surface area contributed by atoms with E-state index in [0.29, 0.717) is 0 Å². The van der Waals surface area contributed by atoms with Crippen LogP contribution in [0.5, 0.6) is 0 Å². The lowest BCUT2D eigenvalue weighted by Crippen LogP contribution is -2.09. The zero-order valence-corrected chi connectivity index (χ0v) is 12.2. The third-order valence-electron chi connectivity index (χ3n) is 2.50. The van der Waals surface area contributed by atoms with Crippen molar-refractivity contribution in [2.24, 2.45) is 0 Å². The molecular formula is C13H11BrF3NS. The van der Waals surface area contributed by atoms with E-state index in [1.165, 1.54) is 0 Å². The topological polar surface area (TPSA) is 12.0 Å². The van der Waals surface area contributed by atoms with Crippen LogP contribution in [0, 0.1) is 0 Å². The Balaban J connectivity index is 1.96. The molecular weight excluding hydrogens is 339 g/mol. The predicted molar refractivity (Wildman–Crippen MR) is 78.7 cm³/mol. The van der Waals surface area contributed by atoms with Crippen LogP contribution in [-0.4, -0.2) is 17.8 Å². The Bertz CT molecular complexity index is 571. The minimum atomic E-state index is -4.16. The van der Waals surface area contributed by atoms with E-state index in [2.05, 4.69) is 21.2 Å². The quantitative estimate of drug-likeness (QED) is 0.754. The van der Waals surface area contributed by atoms with Gasteiger partial charge < -0.3 is 5.32 Å². The van der Waals surface area contributed by atoms with Crippen LogP contribution < -0.4 is 5.32 Å². The highest BCUT2D eigenvalue weighted by molar-refractivity contribution is 9.10. The van der Waals surface area contributed by atoms with Crippen molar-refractivity contribution in [3.63, 3.8) is 0 Å². The summed E-state index contributed by atoms with van der Waals surface area (Å²) >= 11 is 3.39. The molecule has 0 aliphatic carbocycles. The number of alkyl halides is 3. The average molecular weight is 350 g/mol. The van der Waals surface area contributed by atoms with Crippen LogP contribution in [0.2, 0.25) is 0 Å². The summed E-state index contributed by atoms with van der Waals surface area (Å²) in [7, 11) is 0. The van der Waals surface area contributed by atoms with Crippen molar-refractivity contribution in [1.82, 2.24) is 0 Å². The summed E-state index contributed by atoms with van der Waals surface area (Å²) in [4.78, 5) is 0. The van der Waals surface area contributed by atoms with E-state index in [0.717, 1.165) is 20.9 Å². The molecule has 0 saturated heterocycles. The van der Waals surface area contributed by atoms with E-state index in [1.54, 1.807) is 0 Å². The second-order valence-corrected chi connectivity index (χ2v) is 6.00. The minimum absolute atomic E-state index is 0.00186. The molecule has 2 aromatic carbocycles. The van der Waals surface area contributed by atoms with Gasteiger partial charge in [-0.3, -0.25) is 0 Å². The van der Waals surface area contributed by atoms with Gasteiger partial charge >= 0.3 is 5.51 Å². The molecule has 0 spiro atoms. The Labute approximate surface area is 121 Å². The SMILES string of the molecule is FC(F)(F)SCCNc1ccc2cc(Br)ccc2c1. The van der Waals surface area contributed by atoms with Gasteiger partial charge in [0.25, 0.3) is 0 Å². The lowest BCUT2D eigenvalue weighted by atomic mass is 10.1. The molecule has 0 unspecified atom stereocenters. The summed E-state index contributed by atoms with van der Waals surface area (Å²) < 4.78 is 36.9. The first-order chi connectivity index (χ1) is 8.94. The van der Waals surface area contributed by atoms with Crippen molar-refractivity contribution >= 4 is 44.2 Å². The number of halogens is 4. The number of rotatable bonds is 4. The lowest BCUT2D eigenvalue weighted by Gasteiger charge is -2.09. The molecule has 0 aromatic heterocycles. The number of anilines is 1. The summed E-state index contributed by atoms with van der Waals surface area (Å²) in [5.74, 6) is 0.00186. The fourth-order valence-electron chi connectivity index (χ4n) is 1.69. The number of hydrogen-bond donors (Lipinski definition) is 1. The van der Waals surface area contributed by atoms with Gasteiger partial charge in [0.15, 0.2) is 0 Å². The molecule has 0 aliphatic rings. The van der Waals surface area contributed by atoms with Gasteiger partial charge in [-0.1, -0.05) is 28.1 Å². The van der Waals surface area contributed by atoms with E-state index in [4.69, 9.17) is 0 Å². The third kappa shape index (κ3) is 4.62. The van der Waals surface area contributed by atoms with E-state index >= 15 is 0 Å². The Morgan fingerprint density at radius 1 is 1.05 bits per heavy atom. The average Bonchev–Trinajstić information content (AvgIpc) is 2.33. The first-order valence-corrected chi connectivity index (χ1v) is 7.36. The standard InChI is InChI=1S/C13H11BrF3NS/c14-11-3-1-10-8-12(4-2-9(10)7-11)18-5-6-19-13(15,16)17/h1-4,7-8,18H,5-6H2. The highest BCUT2D eigenvalue weighted by Crippen LogP contribution is 2.29. The molecule has 2 rings (SSSR count). The van der Waals surface area contributed by atoms with Crippen molar-refractivity contribution in [3.05, 3.63) is 40.9 Å². The summed E-state index contributed by atoms with van der Waals surface area (Å²) in [5, 5.41) is 5.13. The second-order valence-electron chi connectivity index (χ2n) is 3.93. The highest BCUT2D eigenvalue weighted by Gasteiger charge is 2.27. The summed E-state index contributed by atoms with van der Waals surface area (Å²) in [6.07, 6.45) is 0. The van der Waals surface area contributed by atoms with Crippen LogP contribution in [0.25, 0.3) is 10.8 Å². The minimum Gasteiger partial charge on any atom is -0.384 e. The molecule has 0 heterocycles. The van der Waals surface area contributed by atoms with Crippen molar-refractivity contribution in [1.29, 1.82) is 0 Å². The summed E-state index contributed by atoms with van der Waals surface area (Å²) in [5.41, 5.74) is -3.32. The molecule has 2 aromatic rings. The van der Waals surface area contributed by atoms with Gasteiger partial charge in [0, 0.05) is 22.5 Å². The van der Waals surface area contributed by atoms with Crippen molar-refractivity contribution < 1.29 is 13.2 Å². The van der Waals surface area contributed by atoms with Gasteiger partial charge in [-0.2, -0.15) is 13.2 Å².